The Morgan fingerprint density at radius 3 is 2.44 bits per heavy atom. The Hall–Kier alpha value is -2.33. The van der Waals surface area contributed by atoms with Crippen LogP contribution in [0.4, 0.5) is 13.2 Å². The minimum absolute atomic E-state index is 0.0377. The van der Waals surface area contributed by atoms with Gasteiger partial charge in [0.1, 0.15) is 5.01 Å². The summed E-state index contributed by atoms with van der Waals surface area (Å²) in [6, 6.07) is 4.85. The summed E-state index contributed by atoms with van der Waals surface area (Å²) < 4.78 is 50.5. The Kier molecular flexibility index (Phi) is 6.32. The summed E-state index contributed by atoms with van der Waals surface area (Å²) in [6.45, 7) is 1.47. The highest BCUT2D eigenvalue weighted by Gasteiger charge is 2.58. The summed E-state index contributed by atoms with van der Waals surface area (Å²) >= 11 is 0.657. The zero-order valence-electron chi connectivity index (χ0n) is 14.9. The monoisotopic (exact) mass is 404 g/mol. The first kappa shape index (κ1) is 21.0. The predicted molar refractivity (Wildman–Crippen MR) is 92.8 cm³/mol. The van der Waals surface area contributed by atoms with E-state index in [1.807, 2.05) is 0 Å². The molecule has 10 heteroatoms. The normalized spacial score (nSPS) is 13.7. The summed E-state index contributed by atoms with van der Waals surface area (Å²) in [4.78, 5) is 15.8. The molecule has 0 aliphatic rings. The van der Waals surface area contributed by atoms with Gasteiger partial charge in [0, 0.05) is 17.6 Å². The number of alkyl halides is 3. The van der Waals surface area contributed by atoms with Crippen LogP contribution in [0, 0.1) is 6.92 Å². The van der Waals surface area contributed by atoms with E-state index < -0.39 is 29.1 Å². The topological polar surface area (TPSA) is 80.7 Å². The van der Waals surface area contributed by atoms with Gasteiger partial charge in [0.2, 0.25) is 11.5 Å². The molecule has 0 saturated heterocycles. The van der Waals surface area contributed by atoms with E-state index >= 15 is 0 Å². The van der Waals surface area contributed by atoms with E-state index in [2.05, 4.69) is 10.3 Å². The fraction of sp³-hybridized carbons (Fsp3) is 0.412. The third-order valence-corrected chi connectivity index (χ3v) is 4.91. The van der Waals surface area contributed by atoms with Crippen molar-refractivity contribution in [3.63, 3.8) is 0 Å². The van der Waals surface area contributed by atoms with Crippen molar-refractivity contribution in [2.24, 2.45) is 0 Å². The van der Waals surface area contributed by atoms with Gasteiger partial charge in [0.15, 0.2) is 11.5 Å². The molecule has 148 valence electrons. The maximum Gasteiger partial charge on any atom is 0.424 e. The van der Waals surface area contributed by atoms with Crippen molar-refractivity contribution in [2.45, 2.75) is 31.7 Å². The van der Waals surface area contributed by atoms with Crippen molar-refractivity contribution in [3.8, 4) is 11.5 Å². The molecule has 0 fully saturated rings. The van der Waals surface area contributed by atoms with Crippen LogP contribution < -0.4 is 14.8 Å². The van der Waals surface area contributed by atoms with Crippen LogP contribution in [0.5, 0.6) is 11.5 Å². The molecule has 0 spiro atoms. The Bertz CT molecular complexity index is 810. The molecule has 2 aromatic rings. The van der Waals surface area contributed by atoms with Crippen LogP contribution in [0.2, 0.25) is 0 Å². The van der Waals surface area contributed by atoms with Crippen LogP contribution in [0.3, 0.4) is 0 Å². The molecule has 0 saturated carbocycles. The summed E-state index contributed by atoms with van der Waals surface area (Å²) in [6.07, 6.45) is -6.23. The highest BCUT2D eigenvalue weighted by molar-refractivity contribution is 7.09. The lowest BCUT2D eigenvalue weighted by Crippen LogP contribution is -2.46. The third-order valence-electron chi connectivity index (χ3n) is 3.80. The first-order valence-corrected chi connectivity index (χ1v) is 8.68. The van der Waals surface area contributed by atoms with Crippen LogP contribution in [0.1, 0.15) is 22.7 Å². The Labute approximate surface area is 157 Å². The molecule has 27 heavy (non-hydrogen) atoms. The SMILES string of the molecule is COc1ccc(CNC(=O)CC(O)(c2nc(C)cs2)C(F)(F)F)cc1OC. The minimum Gasteiger partial charge on any atom is -0.493 e. The van der Waals surface area contributed by atoms with E-state index in [1.54, 1.807) is 18.2 Å². The molecule has 2 rings (SSSR count). The van der Waals surface area contributed by atoms with Gasteiger partial charge in [0.25, 0.3) is 0 Å². The van der Waals surface area contributed by atoms with Gasteiger partial charge in [-0.25, -0.2) is 4.98 Å². The van der Waals surface area contributed by atoms with Gasteiger partial charge >= 0.3 is 6.18 Å². The maximum absolute atomic E-state index is 13.4. The van der Waals surface area contributed by atoms with Gasteiger partial charge in [-0.05, 0) is 24.6 Å². The largest absolute Gasteiger partial charge is 0.493 e. The molecular formula is C17H19F3N2O4S. The van der Waals surface area contributed by atoms with Crippen LogP contribution in [-0.2, 0) is 16.9 Å². The summed E-state index contributed by atoms with van der Waals surface area (Å²) in [5.74, 6) is -0.0510. The second-order valence-corrected chi connectivity index (χ2v) is 6.65. The first-order valence-electron chi connectivity index (χ1n) is 7.80. The molecule has 2 N–H and O–H groups in total. The van der Waals surface area contributed by atoms with E-state index in [9.17, 15) is 23.1 Å². The molecule has 1 amide bonds. The smallest absolute Gasteiger partial charge is 0.424 e. The molecular weight excluding hydrogens is 385 g/mol. The van der Waals surface area contributed by atoms with Crippen LogP contribution in [0.15, 0.2) is 23.6 Å². The third kappa shape index (κ3) is 4.69. The van der Waals surface area contributed by atoms with E-state index in [-0.39, 0.29) is 6.54 Å². The zero-order valence-corrected chi connectivity index (χ0v) is 15.7. The predicted octanol–water partition coefficient (Wildman–Crippen LogP) is 2.93. The number of rotatable bonds is 7. The maximum atomic E-state index is 13.4. The van der Waals surface area contributed by atoms with Crippen molar-refractivity contribution in [1.29, 1.82) is 0 Å². The van der Waals surface area contributed by atoms with Crippen LogP contribution in [0.25, 0.3) is 0 Å². The molecule has 1 aromatic carbocycles. The van der Waals surface area contributed by atoms with Gasteiger partial charge in [0.05, 0.1) is 20.6 Å². The second kappa shape index (κ2) is 8.13. The number of aromatic nitrogens is 1. The molecule has 0 bridgehead atoms. The van der Waals surface area contributed by atoms with E-state index in [1.165, 1.54) is 26.5 Å². The number of methoxy groups -OCH3 is 2. The number of hydrogen-bond donors (Lipinski definition) is 2. The lowest BCUT2D eigenvalue weighted by molar-refractivity contribution is -0.267. The molecule has 1 atom stereocenters. The Morgan fingerprint density at radius 1 is 1.26 bits per heavy atom. The van der Waals surface area contributed by atoms with Crippen LogP contribution in [-0.4, -0.2) is 36.4 Å². The summed E-state index contributed by atoms with van der Waals surface area (Å²) in [5.41, 5.74) is -2.40. The molecule has 0 aliphatic carbocycles. The molecule has 0 radical (unpaired) electrons. The summed E-state index contributed by atoms with van der Waals surface area (Å²) in [5, 5.41) is 13.4. The number of aliphatic hydroxyl groups is 1. The second-order valence-electron chi connectivity index (χ2n) is 5.79. The number of thiazole rings is 1. The number of carbonyl (C=O) groups is 1. The van der Waals surface area contributed by atoms with Gasteiger partial charge in [-0.2, -0.15) is 13.2 Å². The lowest BCUT2D eigenvalue weighted by atomic mass is 9.99. The quantitative estimate of drug-likeness (QED) is 0.742. The first-order chi connectivity index (χ1) is 12.6. The highest BCUT2D eigenvalue weighted by atomic mass is 32.1. The van der Waals surface area contributed by atoms with Crippen LogP contribution >= 0.6 is 11.3 Å². The molecule has 1 aromatic heterocycles. The number of benzene rings is 1. The van der Waals surface area contributed by atoms with Gasteiger partial charge in [-0.3, -0.25) is 4.79 Å². The zero-order chi connectivity index (χ0) is 20.2. The van der Waals surface area contributed by atoms with E-state index in [0.29, 0.717) is 34.1 Å². The fourth-order valence-electron chi connectivity index (χ4n) is 2.33. The average molecular weight is 404 g/mol. The van der Waals surface area contributed by atoms with Crippen molar-refractivity contribution < 1.29 is 32.5 Å². The van der Waals surface area contributed by atoms with Crippen molar-refractivity contribution >= 4 is 17.2 Å². The van der Waals surface area contributed by atoms with Gasteiger partial charge in [-0.1, -0.05) is 6.07 Å². The van der Waals surface area contributed by atoms with Gasteiger partial charge in [-0.15, -0.1) is 11.3 Å². The number of aryl methyl sites for hydroxylation is 1. The number of halogens is 3. The van der Waals surface area contributed by atoms with E-state index in [4.69, 9.17) is 9.47 Å². The lowest BCUT2D eigenvalue weighted by Gasteiger charge is -2.27. The van der Waals surface area contributed by atoms with Gasteiger partial charge < -0.3 is 19.9 Å². The molecule has 1 unspecified atom stereocenters. The van der Waals surface area contributed by atoms with Crippen molar-refractivity contribution in [3.05, 3.63) is 39.8 Å². The van der Waals surface area contributed by atoms with E-state index in [0.717, 1.165) is 0 Å². The standard InChI is InChI=1S/C17H19F3N2O4S/c1-10-9-27-15(22-10)16(24,17(18,19)20)7-14(23)21-8-11-4-5-12(25-2)13(6-11)26-3/h4-6,9,24H,7-8H2,1-3H3,(H,21,23). The number of hydrogen-bond acceptors (Lipinski definition) is 6. The highest BCUT2D eigenvalue weighted by Crippen LogP contribution is 2.42. The fourth-order valence-corrected chi connectivity index (χ4v) is 3.24. The molecule has 0 aliphatic heterocycles. The minimum atomic E-state index is -5.04. The number of ether oxygens (including phenoxy) is 2. The Balaban J connectivity index is 2.11. The number of amides is 1. The summed E-state index contributed by atoms with van der Waals surface area (Å²) in [7, 11) is 2.91. The molecule has 1 heterocycles. The number of nitrogens with one attached hydrogen (secondary N) is 1. The number of nitrogens with zero attached hydrogens (tertiary/aromatic N) is 1. The van der Waals surface area contributed by atoms with Crippen molar-refractivity contribution in [1.82, 2.24) is 10.3 Å². The Morgan fingerprint density at radius 2 is 1.93 bits per heavy atom. The molecule has 6 nitrogen and oxygen atoms in total. The van der Waals surface area contributed by atoms with Crippen molar-refractivity contribution in [2.75, 3.05) is 14.2 Å². The number of carbonyl (C=O) groups excluding carboxylic acids is 1. The average Bonchev–Trinajstić information content (AvgIpc) is 3.05.